The molecule has 1 amide bonds. The van der Waals surface area contributed by atoms with Gasteiger partial charge in [0.1, 0.15) is 11.9 Å². The summed E-state index contributed by atoms with van der Waals surface area (Å²) in [4.78, 5) is 24.9. The molecule has 0 aromatic heterocycles. The van der Waals surface area contributed by atoms with Gasteiger partial charge in [-0.3, -0.25) is 4.79 Å². The van der Waals surface area contributed by atoms with E-state index in [-0.39, 0.29) is 17.0 Å². The zero-order valence-electron chi connectivity index (χ0n) is 11.1. The van der Waals surface area contributed by atoms with Crippen molar-refractivity contribution in [2.24, 2.45) is 0 Å². The van der Waals surface area contributed by atoms with Crippen molar-refractivity contribution in [2.75, 3.05) is 20.2 Å². The van der Waals surface area contributed by atoms with E-state index in [0.717, 1.165) is 0 Å². The zero-order chi connectivity index (χ0) is 14.7. The summed E-state index contributed by atoms with van der Waals surface area (Å²) in [5.41, 5.74) is 0.243. The summed E-state index contributed by atoms with van der Waals surface area (Å²) in [6.45, 7) is 0.694. The first kappa shape index (κ1) is 14.3. The number of methoxy groups -OCH3 is 1. The number of aromatic carboxylic acids is 1. The third-order valence-electron chi connectivity index (χ3n) is 3.35. The fraction of sp³-hybridized carbons (Fsp3) is 0.429. The van der Waals surface area contributed by atoms with Crippen molar-refractivity contribution in [1.82, 2.24) is 4.90 Å². The molecule has 108 valence electrons. The van der Waals surface area contributed by atoms with Crippen molar-refractivity contribution in [3.8, 4) is 5.75 Å². The standard InChI is InChI=1S/C14H16FNO4/c1-20-12-7-9(6-10(8-12)14(18)19)13(17)16-4-2-11(15)3-5-16/h6-8,11H,2-5H2,1H3,(H,18,19). The Morgan fingerprint density at radius 2 is 1.85 bits per heavy atom. The van der Waals surface area contributed by atoms with Gasteiger partial charge in [-0.05, 0) is 31.0 Å². The van der Waals surface area contributed by atoms with E-state index < -0.39 is 12.1 Å². The fourth-order valence-corrected chi connectivity index (χ4v) is 2.20. The van der Waals surface area contributed by atoms with Crippen molar-refractivity contribution in [1.29, 1.82) is 0 Å². The molecule has 20 heavy (non-hydrogen) atoms. The SMILES string of the molecule is COc1cc(C(=O)O)cc(C(=O)N2CCC(F)CC2)c1. The van der Waals surface area contributed by atoms with E-state index in [2.05, 4.69) is 0 Å². The Kier molecular flexibility index (Phi) is 4.22. The molecule has 1 heterocycles. The number of rotatable bonds is 3. The number of carboxylic acid groups (broad SMARTS) is 1. The van der Waals surface area contributed by atoms with Gasteiger partial charge >= 0.3 is 5.97 Å². The van der Waals surface area contributed by atoms with Crippen LogP contribution < -0.4 is 4.74 Å². The van der Waals surface area contributed by atoms with Gasteiger partial charge in [0.2, 0.25) is 0 Å². The van der Waals surface area contributed by atoms with Crippen LogP contribution in [0.15, 0.2) is 18.2 Å². The highest BCUT2D eigenvalue weighted by atomic mass is 19.1. The third kappa shape index (κ3) is 3.07. The van der Waals surface area contributed by atoms with Crippen LogP contribution in [0.4, 0.5) is 4.39 Å². The molecule has 0 saturated carbocycles. The Hall–Kier alpha value is -2.11. The Balaban J connectivity index is 2.24. The molecule has 0 unspecified atom stereocenters. The summed E-state index contributed by atoms with van der Waals surface area (Å²) in [5, 5.41) is 9.03. The summed E-state index contributed by atoms with van der Waals surface area (Å²) >= 11 is 0. The number of nitrogens with zero attached hydrogens (tertiary/aromatic N) is 1. The van der Waals surface area contributed by atoms with Crippen molar-refractivity contribution in [3.63, 3.8) is 0 Å². The van der Waals surface area contributed by atoms with Crippen LogP contribution in [0, 0.1) is 0 Å². The first-order valence-corrected chi connectivity index (χ1v) is 6.37. The number of halogens is 1. The number of hydrogen-bond donors (Lipinski definition) is 1. The molecule has 1 N–H and O–H groups in total. The van der Waals surface area contributed by atoms with Crippen molar-refractivity contribution < 1.29 is 23.8 Å². The maximum atomic E-state index is 13.1. The van der Waals surface area contributed by atoms with E-state index in [9.17, 15) is 14.0 Å². The van der Waals surface area contributed by atoms with E-state index in [1.54, 1.807) is 0 Å². The molecular weight excluding hydrogens is 265 g/mol. The average Bonchev–Trinajstić information content (AvgIpc) is 2.46. The van der Waals surface area contributed by atoms with Crippen LogP contribution in [-0.4, -0.2) is 48.3 Å². The van der Waals surface area contributed by atoms with Crippen LogP contribution >= 0.6 is 0 Å². The first-order chi connectivity index (χ1) is 9.51. The molecule has 0 bridgehead atoms. The summed E-state index contributed by atoms with van der Waals surface area (Å²) in [7, 11) is 1.41. The molecule has 1 aliphatic heterocycles. The van der Waals surface area contributed by atoms with Crippen LogP contribution in [0.5, 0.6) is 5.75 Å². The van der Waals surface area contributed by atoms with Gasteiger partial charge in [0.25, 0.3) is 5.91 Å². The van der Waals surface area contributed by atoms with Crippen molar-refractivity contribution in [3.05, 3.63) is 29.3 Å². The van der Waals surface area contributed by atoms with Crippen LogP contribution in [0.25, 0.3) is 0 Å². The second kappa shape index (κ2) is 5.90. The Morgan fingerprint density at radius 3 is 2.40 bits per heavy atom. The van der Waals surface area contributed by atoms with Gasteiger partial charge < -0.3 is 14.7 Å². The topological polar surface area (TPSA) is 66.8 Å². The number of carbonyl (C=O) groups excluding carboxylic acids is 1. The molecule has 1 aliphatic rings. The molecule has 1 fully saturated rings. The number of hydrogen-bond acceptors (Lipinski definition) is 3. The third-order valence-corrected chi connectivity index (χ3v) is 3.35. The van der Waals surface area contributed by atoms with Crippen LogP contribution in [-0.2, 0) is 0 Å². The second-order valence-electron chi connectivity index (χ2n) is 4.72. The predicted octanol–water partition coefficient (Wildman–Crippen LogP) is 1.97. The van der Waals surface area contributed by atoms with Gasteiger partial charge in [-0.2, -0.15) is 0 Å². The van der Waals surface area contributed by atoms with Gasteiger partial charge in [-0.15, -0.1) is 0 Å². The van der Waals surface area contributed by atoms with Gasteiger partial charge in [-0.25, -0.2) is 9.18 Å². The number of alkyl halides is 1. The lowest BCUT2D eigenvalue weighted by molar-refractivity contribution is 0.0666. The van der Waals surface area contributed by atoms with Gasteiger partial charge in [0.05, 0.1) is 12.7 Å². The minimum Gasteiger partial charge on any atom is -0.497 e. The largest absolute Gasteiger partial charge is 0.497 e. The number of carboxylic acids is 1. The molecule has 2 rings (SSSR count). The Bertz CT molecular complexity index is 524. The summed E-state index contributed by atoms with van der Waals surface area (Å²) in [6.07, 6.45) is -0.220. The molecular formula is C14H16FNO4. The highest BCUT2D eigenvalue weighted by Gasteiger charge is 2.24. The Labute approximate surface area is 116 Å². The van der Waals surface area contributed by atoms with Crippen molar-refractivity contribution in [2.45, 2.75) is 19.0 Å². The molecule has 1 aromatic rings. The van der Waals surface area contributed by atoms with Gasteiger partial charge in [-0.1, -0.05) is 0 Å². The lowest BCUT2D eigenvalue weighted by Gasteiger charge is -2.28. The smallest absolute Gasteiger partial charge is 0.335 e. The first-order valence-electron chi connectivity index (χ1n) is 6.37. The minimum absolute atomic E-state index is 0.00641. The van der Waals surface area contributed by atoms with Crippen LogP contribution in [0.1, 0.15) is 33.6 Å². The molecule has 1 aromatic carbocycles. The predicted molar refractivity (Wildman–Crippen MR) is 70.0 cm³/mol. The maximum absolute atomic E-state index is 13.1. The summed E-state index contributed by atoms with van der Waals surface area (Å²) < 4.78 is 18.1. The highest BCUT2D eigenvalue weighted by molar-refractivity contribution is 5.98. The summed E-state index contributed by atoms with van der Waals surface area (Å²) in [5.74, 6) is -1.10. The molecule has 0 atom stereocenters. The Morgan fingerprint density at radius 1 is 1.25 bits per heavy atom. The molecule has 0 spiro atoms. The second-order valence-corrected chi connectivity index (χ2v) is 4.72. The zero-order valence-corrected chi connectivity index (χ0v) is 11.1. The lowest BCUT2D eigenvalue weighted by atomic mass is 10.1. The van der Waals surface area contributed by atoms with E-state index in [0.29, 0.717) is 31.7 Å². The van der Waals surface area contributed by atoms with Crippen molar-refractivity contribution >= 4 is 11.9 Å². The molecule has 6 heteroatoms. The van der Waals surface area contributed by atoms with E-state index in [1.807, 2.05) is 0 Å². The molecule has 5 nitrogen and oxygen atoms in total. The summed E-state index contributed by atoms with van der Waals surface area (Å²) in [6, 6.07) is 4.16. The van der Waals surface area contributed by atoms with E-state index >= 15 is 0 Å². The van der Waals surface area contributed by atoms with Crippen LogP contribution in [0.2, 0.25) is 0 Å². The number of ether oxygens (including phenoxy) is 1. The normalized spacial score (nSPS) is 16.0. The fourth-order valence-electron chi connectivity index (χ4n) is 2.20. The number of piperidine rings is 1. The number of amides is 1. The lowest BCUT2D eigenvalue weighted by Crippen LogP contribution is -2.39. The monoisotopic (exact) mass is 281 g/mol. The molecule has 0 aliphatic carbocycles. The number of carbonyl (C=O) groups is 2. The maximum Gasteiger partial charge on any atom is 0.335 e. The average molecular weight is 281 g/mol. The highest BCUT2D eigenvalue weighted by Crippen LogP contribution is 2.21. The van der Waals surface area contributed by atoms with Gasteiger partial charge in [0, 0.05) is 18.7 Å². The number of benzene rings is 1. The van der Waals surface area contributed by atoms with Gasteiger partial charge in [0.15, 0.2) is 0 Å². The van der Waals surface area contributed by atoms with E-state index in [1.165, 1.54) is 30.2 Å². The minimum atomic E-state index is -1.12. The van der Waals surface area contributed by atoms with Crippen LogP contribution in [0.3, 0.4) is 0 Å². The molecule has 1 saturated heterocycles. The number of likely N-dealkylation sites (tertiary alicyclic amines) is 1. The van der Waals surface area contributed by atoms with E-state index in [4.69, 9.17) is 9.84 Å². The molecule has 0 radical (unpaired) electrons. The quantitative estimate of drug-likeness (QED) is 0.919.